The normalized spacial score (nSPS) is 21.9. The van der Waals surface area contributed by atoms with Gasteiger partial charge in [-0.05, 0) is 50.4 Å². The van der Waals surface area contributed by atoms with Gasteiger partial charge in [-0.15, -0.1) is 0 Å². The number of β-amino-alcohol motifs (C(OH)–C–C–N with tert-alkyl or cyclic N) is 1. The van der Waals surface area contributed by atoms with Crippen LogP contribution in [0.15, 0.2) is 17.1 Å². The molecule has 0 unspecified atom stereocenters. The van der Waals surface area contributed by atoms with Crippen molar-refractivity contribution in [1.29, 1.82) is 0 Å². The number of fused-ring (bicyclic) bond motifs is 2. The zero-order chi connectivity index (χ0) is 18.1. The van der Waals surface area contributed by atoms with Crippen LogP contribution in [0.2, 0.25) is 0 Å². The molecule has 1 aromatic carbocycles. The van der Waals surface area contributed by atoms with Gasteiger partial charge < -0.3 is 24.8 Å². The van der Waals surface area contributed by atoms with E-state index in [1.165, 1.54) is 24.8 Å². The largest absolute Gasteiger partial charge is 0.493 e. The summed E-state index contributed by atoms with van der Waals surface area (Å²) >= 11 is 0. The van der Waals surface area contributed by atoms with Gasteiger partial charge in [0.1, 0.15) is 18.5 Å². The molecule has 6 nitrogen and oxygen atoms in total. The maximum atomic E-state index is 10.3. The summed E-state index contributed by atoms with van der Waals surface area (Å²) in [5.41, 5.74) is 2.22. The number of hydrogen-bond acceptors (Lipinski definition) is 6. The zero-order valence-electron chi connectivity index (χ0n) is 15.8. The van der Waals surface area contributed by atoms with Gasteiger partial charge in [-0.25, -0.2) is 4.99 Å². The Kier molecular flexibility index (Phi) is 4.80. The van der Waals surface area contributed by atoms with Crippen LogP contribution in [-0.4, -0.2) is 62.3 Å². The minimum atomic E-state index is -0.500. The van der Waals surface area contributed by atoms with Gasteiger partial charge in [-0.1, -0.05) is 6.42 Å². The molecule has 0 bridgehead atoms. The van der Waals surface area contributed by atoms with Gasteiger partial charge in [-0.2, -0.15) is 0 Å². The van der Waals surface area contributed by atoms with Crippen LogP contribution in [0.1, 0.15) is 37.7 Å². The van der Waals surface area contributed by atoms with E-state index >= 15 is 0 Å². The van der Waals surface area contributed by atoms with Gasteiger partial charge in [0.25, 0.3) is 0 Å². The number of benzene rings is 1. The maximum absolute atomic E-state index is 10.3. The molecule has 1 saturated heterocycles. The molecular formula is C20H29N3O3. The fourth-order valence-electron chi connectivity index (χ4n) is 4.49. The van der Waals surface area contributed by atoms with Crippen LogP contribution in [0.25, 0.3) is 0 Å². The summed E-state index contributed by atoms with van der Waals surface area (Å²) in [4.78, 5) is 7.08. The molecule has 1 aromatic rings. The summed E-state index contributed by atoms with van der Waals surface area (Å²) in [6, 6.07) is 4.03. The van der Waals surface area contributed by atoms with Gasteiger partial charge >= 0.3 is 0 Å². The lowest BCUT2D eigenvalue weighted by molar-refractivity contribution is 0.0747. The molecule has 0 aromatic heterocycles. The molecule has 0 amide bonds. The highest BCUT2D eigenvalue weighted by molar-refractivity contribution is 6.01. The Morgan fingerprint density at radius 1 is 1.23 bits per heavy atom. The molecular weight excluding hydrogens is 330 g/mol. The predicted octanol–water partition coefficient (Wildman–Crippen LogP) is 2.22. The lowest BCUT2D eigenvalue weighted by atomic mass is 9.64. The second kappa shape index (κ2) is 7.08. The van der Waals surface area contributed by atoms with Gasteiger partial charge in [0.05, 0.1) is 18.2 Å². The number of methoxy groups -OCH3 is 1. The highest BCUT2D eigenvalue weighted by Crippen LogP contribution is 2.54. The summed E-state index contributed by atoms with van der Waals surface area (Å²) in [5.74, 6) is 2.42. The molecule has 2 heterocycles. The predicted molar refractivity (Wildman–Crippen MR) is 102 cm³/mol. The molecule has 1 saturated carbocycles. The number of aliphatic hydroxyl groups excluding tert-OH is 1. The topological polar surface area (TPSA) is 66.3 Å². The third kappa shape index (κ3) is 2.95. The number of rotatable bonds is 6. The highest BCUT2D eigenvalue weighted by atomic mass is 16.5. The standard InChI is InChI=1S/C20H29N3O3/c1-21-19-20(6-5-7-20)15-10-17(25-2)18(11-16(15)22-19)26-13-14(24)12-23-8-3-4-9-23/h10-11,14,24H,3-9,12-13H2,1-2H3,(H,21,22)/t14-/m1/s1. The van der Waals surface area contributed by atoms with E-state index in [-0.39, 0.29) is 12.0 Å². The molecule has 0 radical (unpaired) electrons. The molecule has 6 heteroatoms. The minimum Gasteiger partial charge on any atom is -0.493 e. The first-order chi connectivity index (χ1) is 12.7. The number of aliphatic hydroxyl groups is 1. The number of nitrogens with zero attached hydrogens (tertiary/aromatic N) is 2. The summed E-state index contributed by atoms with van der Waals surface area (Å²) in [6.07, 6.45) is 5.42. The highest BCUT2D eigenvalue weighted by Gasteiger charge is 2.48. The number of hydrogen-bond donors (Lipinski definition) is 2. The third-order valence-electron chi connectivity index (χ3n) is 6.03. The van der Waals surface area contributed by atoms with E-state index in [1.54, 1.807) is 7.11 Å². The first kappa shape index (κ1) is 17.6. The lowest BCUT2D eigenvalue weighted by Gasteiger charge is -2.40. The Balaban J connectivity index is 1.49. The number of likely N-dealkylation sites (tertiary alicyclic amines) is 1. The van der Waals surface area contributed by atoms with E-state index in [4.69, 9.17) is 14.5 Å². The molecule has 2 aliphatic heterocycles. The van der Waals surface area contributed by atoms with Crippen molar-refractivity contribution >= 4 is 11.5 Å². The SMILES string of the molecule is CNC1=Nc2cc(OC[C@H](O)CN3CCCC3)c(OC)cc2C12CCC2. The molecule has 142 valence electrons. The van der Waals surface area contributed by atoms with Crippen molar-refractivity contribution in [2.24, 2.45) is 4.99 Å². The van der Waals surface area contributed by atoms with Crippen LogP contribution in [0.5, 0.6) is 11.5 Å². The summed E-state index contributed by atoms with van der Waals surface area (Å²) in [7, 11) is 3.60. The van der Waals surface area contributed by atoms with Crippen LogP contribution in [0.4, 0.5) is 5.69 Å². The van der Waals surface area contributed by atoms with Crippen molar-refractivity contribution in [3.8, 4) is 11.5 Å². The van der Waals surface area contributed by atoms with E-state index in [0.717, 1.165) is 43.2 Å². The Morgan fingerprint density at radius 2 is 2.00 bits per heavy atom. The van der Waals surface area contributed by atoms with Crippen molar-refractivity contribution in [3.63, 3.8) is 0 Å². The van der Waals surface area contributed by atoms with Crippen LogP contribution in [0, 0.1) is 0 Å². The Hall–Kier alpha value is -1.79. The number of ether oxygens (including phenoxy) is 2. The second-order valence-corrected chi connectivity index (χ2v) is 7.64. The molecule has 2 fully saturated rings. The summed E-state index contributed by atoms with van der Waals surface area (Å²) in [5, 5.41) is 13.6. The van der Waals surface area contributed by atoms with Crippen LogP contribution >= 0.6 is 0 Å². The van der Waals surface area contributed by atoms with Gasteiger partial charge in [0.15, 0.2) is 11.5 Å². The molecule has 3 aliphatic rings. The molecule has 1 atom stereocenters. The van der Waals surface area contributed by atoms with Crippen molar-refractivity contribution in [3.05, 3.63) is 17.7 Å². The van der Waals surface area contributed by atoms with Crippen LogP contribution in [-0.2, 0) is 5.41 Å². The average molecular weight is 359 g/mol. The number of likely N-dealkylation sites (N-methyl/N-ethyl adjacent to an activating group) is 1. The monoisotopic (exact) mass is 359 g/mol. The summed E-state index contributed by atoms with van der Waals surface area (Å²) in [6.45, 7) is 3.07. The van der Waals surface area contributed by atoms with Gasteiger partial charge in [-0.3, -0.25) is 0 Å². The quantitative estimate of drug-likeness (QED) is 0.815. The van der Waals surface area contributed by atoms with E-state index in [2.05, 4.69) is 16.3 Å². The van der Waals surface area contributed by atoms with E-state index in [1.807, 2.05) is 13.1 Å². The van der Waals surface area contributed by atoms with Gasteiger partial charge in [0.2, 0.25) is 0 Å². The van der Waals surface area contributed by atoms with Crippen molar-refractivity contribution in [2.45, 2.75) is 43.6 Å². The summed E-state index contributed by atoms with van der Waals surface area (Å²) < 4.78 is 11.5. The van der Waals surface area contributed by atoms with Crippen molar-refractivity contribution in [2.75, 3.05) is 40.4 Å². The van der Waals surface area contributed by atoms with E-state index in [9.17, 15) is 5.11 Å². The number of aliphatic imine (C=N–C) groups is 1. The van der Waals surface area contributed by atoms with Crippen molar-refractivity contribution < 1.29 is 14.6 Å². The molecule has 1 spiro atoms. The fraction of sp³-hybridized carbons (Fsp3) is 0.650. The molecule has 26 heavy (non-hydrogen) atoms. The van der Waals surface area contributed by atoms with E-state index in [0.29, 0.717) is 12.3 Å². The Morgan fingerprint density at radius 3 is 2.62 bits per heavy atom. The first-order valence-electron chi connectivity index (χ1n) is 9.69. The van der Waals surface area contributed by atoms with Gasteiger partial charge in [0, 0.05) is 19.7 Å². The second-order valence-electron chi connectivity index (χ2n) is 7.64. The number of nitrogens with one attached hydrogen (secondary N) is 1. The third-order valence-corrected chi connectivity index (χ3v) is 6.03. The Labute approximate surface area is 155 Å². The average Bonchev–Trinajstić information content (AvgIpc) is 3.22. The van der Waals surface area contributed by atoms with Crippen molar-refractivity contribution in [1.82, 2.24) is 10.2 Å². The van der Waals surface area contributed by atoms with E-state index < -0.39 is 6.10 Å². The molecule has 2 N–H and O–H groups in total. The Bertz CT molecular complexity index is 694. The zero-order valence-corrected chi connectivity index (χ0v) is 15.8. The first-order valence-corrected chi connectivity index (χ1v) is 9.69. The van der Waals surface area contributed by atoms with Crippen LogP contribution in [0.3, 0.4) is 0 Å². The minimum absolute atomic E-state index is 0.0329. The smallest absolute Gasteiger partial charge is 0.163 e. The fourth-order valence-corrected chi connectivity index (χ4v) is 4.49. The lowest BCUT2D eigenvalue weighted by Crippen LogP contribution is -2.45. The molecule has 4 rings (SSSR count). The number of amidine groups is 1. The van der Waals surface area contributed by atoms with Crippen LogP contribution < -0.4 is 14.8 Å². The maximum Gasteiger partial charge on any atom is 0.163 e. The molecule has 1 aliphatic carbocycles.